The normalized spacial score (nSPS) is 12.0. The van der Waals surface area contributed by atoms with Crippen LogP contribution in [0.2, 0.25) is 5.02 Å². The van der Waals surface area contributed by atoms with Crippen molar-refractivity contribution in [2.75, 3.05) is 25.6 Å². The lowest BCUT2D eigenvalue weighted by Gasteiger charge is -2.31. The molecule has 0 spiro atoms. The van der Waals surface area contributed by atoms with Gasteiger partial charge in [-0.2, -0.15) is 0 Å². The third kappa shape index (κ3) is 4.43. The van der Waals surface area contributed by atoms with Gasteiger partial charge in [0.1, 0.15) is 0 Å². The van der Waals surface area contributed by atoms with Gasteiger partial charge in [-0.05, 0) is 42.7 Å². The Morgan fingerprint density at radius 3 is 2.77 bits per heavy atom. The average molecular weight is 355 g/mol. The topological polar surface area (TPSA) is 24.5 Å². The molecule has 0 radical (unpaired) electrons. The van der Waals surface area contributed by atoms with Crippen LogP contribution in [0.25, 0.3) is 0 Å². The van der Waals surface area contributed by atoms with Gasteiger partial charge in [0, 0.05) is 18.5 Å². The summed E-state index contributed by atoms with van der Waals surface area (Å²) >= 11 is 13.5. The van der Waals surface area contributed by atoms with Gasteiger partial charge in [-0.1, -0.05) is 29.8 Å². The molecule has 1 aromatic heterocycles. The zero-order valence-corrected chi connectivity index (χ0v) is 15.0. The maximum absolute atomic E-state index is 6.19. The second kappa shape index (κ2) is 8.48. The van der Waals surface area contributed by atoms with Gasteiger partial charge in [0.15, 0.2) is 5.11 Å². The van der Waals surface area contributed by atoms with Crippen LogP contribution in [0.4, 0.5) is 5.69 Å². The average Bonchev–Trinajstić information content (AvgIpc) is 3.04. The van der Waals surface area contributed by atoms with Crippen LogP contribution in [0.15, 0.2) is 41.8 Å². The lowest BCUT2D eigenvalue weighted by atomic mass is 10.2. The number of nitrogens with one attached hydrogen (secondary N) is 1. The number of ether oxygens (including phenoxy) is 1. The molecule has 1 atom stereocenters. The minimum Gasteiger partial charge on any atom is -0.383 e. The number of thiophene rings is 1. The van der Waals surface area contributed by atoms with Crippen LogP contribution >= 0.6 is 35.2 Å². The Kier molecular flexibility index (Phi) is 6.64. The van der Waals surface area contributed by atoms with Crippen molar-refractivity contribution >= 4 is 46.0 Å². The molecule has 2 aromatic rings. The molecule has 118 valence electrons. The fourth-order valence-corrected chi connectivity index (χ4v) is 3.43. The van der Waals surface area contributed by atoms with E-state index in [4.69, 9.17) is 28.6 Å². The molecule has 2 rings (SSSR count). The minimum atomic E-state index is 0.178. The van der Waals surface area contributed by atoms with Gasteiger partial charge in [-0.25, -0.2) is 0 Å². The van der Waals surface area contributed by atoms with E-state index in [2.05, 4.69) is 34.7 Å². The van der Waals surface area contributed by atoms with E-state index in [0.717, 1.165) is 5.69 Å². The van der Waals surface area contributed by atoms with E-state index < -0.39 is 0 Å². The molecule has 0 bridgehead atoms. The molecule has 1 aromatic carbocycles. The van der Waals surface area contributed by atoms with Gasteiger partial charge in [0.05, 0.1) is 23.4 Å². The van der Waals surface area contributed by atoms with E-state index in [1.165, 1.54) is 4.88 Å². The Bertz CT molecular complexity index is 604. The number of halogens is 1. The Morgan fingerprint density at radius 1 is 1.36 bits per heavy atom. The van der Waals surface area contributed by atoms with Crippen molar-refractivity contribution in [3.63, 3.8) is 0 Å². The van der Waals surface area contributed by atoms with Crippen molar-refractivity contribution in [2.24, 2.45) is 0 Å². The fourth-order valence-electron chi connectivity index (χ4n) is 2.09. The molecule has 0 aliphatic heterocycles. The standard InChI is InChI=1S/C16H19ClN2OS2/c1-12(15-8-5-11-22-15)19(9-10-20-2)16(21)18-14-7-4-3-6-13(14)17/h3-8,11-12H,9-10H2,1-2H3,(H,18,21)/t12-/m0/s1. The summed E-state index contributed by atoms with van der Waals surface area (Å²) in [5, 5.41) is 6.61. The Balaban J connectivity index is 2.14. The van der Waals surface area contributed by atoms with Crippen LogP contribution in [0.5, 0.6) is 0 Å². The van der Waals surface area contributed by atoms with Crippen LogP contribution in [-0.2, 0) is 4.74 Å². The van der Waals surface area contributed by atoms with E-state index in [9.17, 15) is 0 Å². The predicted octanol–water partition coefficient (Wildman–Crippen LogP) is 4.81. The molecule has 0 unspecified atom stereocenters. The third-order valence-electron chi connectivity index (χ3n) is 3.34. The summed E-state index contributed by atoms with van der Waals surface area (Å²) in [6.07, 6.45) is 0. The summed E-state index contributed by atoms with van der Waals surface area (Å²) in [6, 6.07) is 11.9. The Hall–Kier alpha value is -1.14. The van der Waals surface area contributed by atoms with Crippen LogP contribution in [0.1, 0.15) is 17.8 Å². The number of hydrogen-bond donors (Lipinski definition) is 1. The maximum Gasteiger partial charge on any atom is 0.174 e. The van der Waals surface area contributed by atoms with Gasteiger partial charge in [0.2, 0.25) is 0 Å². The van der Waals surface area contributed by atoms with Gasteiger partial charge in [-0.15, -0.1) is 11.3 Å². The Labute approximate surface area is 145 Å². The first kappa shape index (κ1) is 17.2. The Morgan fingerprint density at radius 2 is 2.14 bits per heavy atom. The minimum absolute atomic E-state index is 0.178. The number of nitrogens with zero attached hydrogens (tertiary/aromatic N) is 1. The third-order valence-corrected chi connectivity index (χ3v) is 5.04. The first-order valence-corrected chi connectivity index (χ1v) is 8.64. The highest BCUT2D eigenvalue weighted by molar-refractivity contribution is 7.80. The highest BCUT2D eigenvalue weighted by Crippen LogP contribution is 2.26. The van der Waals surface area contributed by atoms with Crippen molar-refractivity contribution < 1.29 is 4.74 Å². The monoisotopic (exact) mass is 354 g/mol. The van der Waals surface area contributed by atoms with Crippen molar-refractivity contribution in [1.29, 1.82) is 0 Å². The van der Waals surface area contributed by atoms with Crippen molar-refractivity contribution in [3.05, 3.63) is 51.7 Å². The molecular weight excluding hydrogens is 336 g/mol. The molecule has 3 nitrogen and oxygen atoms in total. The first-order valence-electron chi connectivity index (χ1n) is 6.98. The zero-order valence-electron chi connectivity index (χ0n) is 12.6. The van der Waals surface area contributed by atoms with Crippen molar-refractivity contribution in [1.82, 2.24) is 4.90 Å². The number of benzene rings is 1. The highest BCUT2D eigenvalue weighted by atomic mass is 35.5. The van der Waals surface area contributed by atoms with Crippen LogP contribution < -0.4 is 5.32 Å². The molecular formula is C16H19ClN2OS2. The SMILES string of the molecule is COCCN(C(=S)Nc1ccccc1Cl)[C@@H](C)c1cccs1. The van der Waals surface area contributed by atoms with Crippen molar-refractivity contribution in [2.45, 2.75) is 13.0 Å². The van der Waals surface area contributed by atoms with Crippen LogP contribution in [-0.4, -0.2) is 30.3 Å². The highest BCUT2D eigenvalue weighted by Gasteiger charge is 2.19. The van der Waals surface area contributed by atoms with Gasteiger partial charge in [-0.3, -0.25) is 0 Å². The number of rotatable bonds is 6. The van der Waals surface area contributed by atoms with Crippen LogP contribution in [0.3, 0.4) is 0 Å². The summed E-state index contributed by atoms with van der Waals surface area (Å²) in [5.74, 6) is 0. The molecule has 1 N–H and O–H groups in total. The number of hydrogen-bond acceptors (Lipinski definition) is 3. The molecule has 0 fully saturated rings. The second-order valence-electron chi connectivity index (χ2n) is 4.79. The molecule has 0 saturated heterocycles. The van der Waals surface area contributed by atoms with E-state index in [1.807, 2.05) is 24.3 Å². The number of thiocarbonyl (C=S) groups is 1. The zero-order chi connectivity index (χ0) is 15.9. The molecule has 1 heterocycles. The van der Waals surface area contributed by atoms with Crippen molar-refractivity contribution in [3.8, 4) is 0 Å². The maximum atomic E-state index is 6.19. The second-order valence-corrected chi connectivity index (χ2v) is 6.56. The van der Waals surface area contributed by atoms with E-state index in [-0.39, 0.29) is 6.04 Å². The number of anilines is 1. The number of para-hydroxylation sites is 1. The summed E-state index contributed by atoms with van der Waals surface area (Å²) in [5.41, 5.74) is 0.815. The summed E-state index contributed by atoms with van der Waals surface area (Å²) in [4.78, 5) is 3.38. The molecule has 6 heteroatoms. The van der Waals surface area contributed by atoms with E-state index >= 15 is 0 Å². The summed E-state index contributed by atoms with van der Waals surface area (Å²) in [6.45, 7) is 3.47. The van der Waals surface area contributed by atoms with Gasteiger partial charge >= 0.3 is 0 Å². The fraction of sp³-hybridized carbons (Fsp3) is 0.312. The van der Waals surface area contributed by atoms with Crippen LogP contribution in [0, 0.1) is 0 Å². The number of methoxy groups -OCH3 is 1. The molecule has 0 aliphatic rings. The predicted molar refractivity (Wildman–Crippen MR) is 99.0 cm³/mol. The molecule has 0 aliphatic carbocycles. The molecule has 0 amide bonds. The van der Waals surface area contributed by atoms with Gasteiger partial charge in [0.25, 0.3) is 0 Å². The largest absolute Gasteiger partial charge is 0.383 e. The van der Waals surface area contributed by atoms with E-state index in [1.54, 1.807) is 18.4 Å². The first-order chi connectivity index (χ1) is 10.6. The summed E-state index contributed by atoms with van der Waals surface area (Å²) < 4.78 is 5.21. The lowest BCUT2D eigenvalue weighted by molar-refractivity contribution is 0.166. The smallest absolute Gasteiger partial charge is 0.174 e. The van der Waals surface area contributed by atoms with E-state index in [0.29, 0.717) is 23.3 Å². The molecule has 0 saturated carbocycles. The summed E-state index contributed by atoms with van der Waals surface area (Å²) in [7, 11) is 1.69. The molecule has 22 heavy (non-hydrogen) atoms. The lowest BCUT2D eigenvalue weighted by Crippen LogP contribution is -2.38. The van der Waals surface area contributed by atoms with Gasteiger partial charge < -0.3 is 15.0 Å². The quantitative estimate of drug-likeness (QED) is 0.752.